The lowest BCUT2D eigenvalue weighted by molar-refractivity contribution is -0.132. The largest absolute Gasteiger partial charge is 0.385 e. The van der Waals surface area contributed by atoms with Gasteiger partial charge in [-0.1, -0.05) is 32.0 Å². The van der Waals surface area contributed by atoms with Crippen LogP contribution in [0.25, 0.3) is 0 Å². The molecule has 1 aromatic rings. The van der Waals surface area contributed by atoms with Gasteiger partial charge in [-0.05, 0) is 29.9 Å². The first kappa shape index (κ1) is 12.5. The van der Waals surface area contributed by atoms with Crippen LogP contribution >= 0.6 is 0 Å². The van der Waals surface area contributed by atoms with Crippen molar-refractivity contribution >= 4 is 11.6 Å². The number of hydrogen-bond donors (Lipinski definition) is 1. The lowest BCUT2D eigenvalue weighted by Crippen LogP contribution is -2.36. The van der Waals surface area contributed by atoms with Crippen molar-refractivity contribution in [3.8, 4) is 0 Å². The maximum absolute atomic E-state index is 12.8. The maximum Gasteiger partial charge on any atom is 0.230 e. The van der Waals surface area contributed by atoms with Gasteiger partial charge >= 0.3 is 0 Å². The minimum atomic E-state index is 0.0509. The number of nitrogens with zero attached hydrogens (tertiary/aromatic N) is 1. The molecule has 1 amide bonds. The zero-order valence-electron chi connectivity index (χ0n) is 11.7. The number of hydrogen-bond acceptors (Lipinski definition) is 2. The highest BCUT2D eigenvalue weighted by atomic mass is 16.2. The summed E-state index contributed by atoms with van der Waals surface area (Å²) in [5.74, 6) is 1.63. The van der Waals surface area contributed by atoms with E-state index in [-0.39, 0.29) is 5.92 Å². The normalized spacial score (nSPS) is 29.8. The summed E-state index contributed by atoms with van der Waals surface area (Å²) in [6, 6.07) is 8.22. The van der Waals surface area contributed by atoms with E-state index in [2.05, 4.69) is 36.2 Å². The van der Waals surface area contributed by atoms with Crippen molar-refractivity contribution in [2.75, 3.05) is 25.0 Å². The highest BCUT2D eigenvalue weighted by Crippen LogP contribution is 2.34. The van der Waals surface area contributed by atoms with Gasteiger partial charge in [0, 0.05) is 25.3 Å². The fourth-order valence-electron chi connectivity index (χ4n) is 3.26. The summed E-state index contributed by atoms with van der Waals surface area (Å²) in [6.45, 7) is 7.23. The molecule has 2 aliphatic rings. The number of likely N-dealkylation sites (tertiary alicyclic amines) is 1. The van der Waals surface area contributed by atoms with E-state index in [9.17, 15) is 4.79 Å². The molecule has 1 aromatic carbocycles. The van der Waals surface area contributed by atoms with Crippen LogP contribution in [0.4, 0.5) is 5.69 Å². The van der Waals surface area contributed by atoms with Gasteiger partial charge in [0.15, 0.2) is 0 Å². The highest BCUT2D eigenvalue weighted by molar-refractivity contribution is 5.86. The molecule has 102 valence electrons. The monoisotopic (exact) mass is 258 g/mol. The Bertz CT molecular complexity index is 475. The summed E-state index contributed by atoms with van der Waals surface area (Å²) in [6.07, 6.45) is 0.912. The Morgan fingerprint density at radius 3 is 2.63 bits per heavy atom. The zero-order valence-corrected chi connectivity index (χ0v) is 11.7. The van der Waals surface area contributed by atoms with Gasteiger partial charge in [0.25, 0.3) is 0 Å². The van der Waals surface area contributed by atoms with E-state index in [1.165, 1.54) is 5.56 Å². The highest BCUT2D eigenvalue weighted by Gasteiger charge is 2.35. The first-order valence-electron chi connectivity index (χ1n) is 7.28. The van der Waals surface area contributed by atoms with Crippen LogP contribution in [-0.4, -0.2) is 30.4 Å². The molecule has 2 aliphatic heterocycles. The molecule has 0 saturated carbocycles. The number of amides is 1. The van der Waals surface area contributed by atoms with Crippen molar-refractivity contribution in [1.82, 2.24) is 4.90 Å². The molecule has 3 rings (SSSR count). The average molecular weight is 258 g/mol. The Hall–Kier alpha value is -1.51. The molecule has 3 heteroatoms. The lowest BCUT2D eigenvalue weighted by atomic mass is 9.90. The summed E-state index contributed by atoms with van der Waals surface area (Å²) in [5.41, 5.74) is 2.30. The summed E-state index contributed by atoms with van der Waals surface area (Å²) in [7, 11) is 0. The Morgan fingerprint density at radius 1 is 1.21 bits per heavy atom. The Labute approximate surface area is 115 Å². The van der Waals surface area contributed by atoms with Crippen LogP contribution in [-0.2, 0) is 4.79 Å². The van der Waals surface area contributed by atoms with E-state index >= 15 is 0 Å². The van der Waals surface area contributed by atoms with Crippen LogP contribution < -0.4 is 5.32 Å². The van der Waals surface area contributed by atoms with E-state index < -0.39 is 0 Å². The maximum atomic E-state index is 12.8. The van der Waals surface area contributed by atoms with Gasteiger partial charge < -0.3 is 10.2 Å². The third-order valence-corrected chi connectivity index (χ3v) is 4.68. The van der Waals surface area contributed by atoms with Crippen molar-refractivity contribution < 1.29 is 4.79 Å². The predicted molar refractivity (Wildman–Crippen MR) is 77.2 cm³/mol. The number of fused-ring (bicyclic) bond motifs is 1. The van der Waals surface area contributed by atoms with Crippen molar-refractivity contribution in [3.63, 3.8) is 0 Å². The Balaban J connectivity index is 1.82. The molecule has 19 heavy (non-hydrogen) atoms. The van der Waals surface area contributed by atoms with E-state index in [0.29, 0.717) is 17.7 Å². The van der Waals surface area contributed by atoms with Crippen LogP contribution in [0.1, 0.15) is 31.7 Å². The number of nitrogens with one attached hydrogen (secondary N) is 1. The number of carbonyl (C=O) groups is 1. The summed E-state index contributed by atoms with van der Waals surface area (Å²) < 4.78 is 0. The zero-order chi connectivity index (χ0) is 13.4. The van der Waals surface area contributed by atoms with Crippen LogP contribution in [0.15, 0.2) is 24.3 Å². The summed E-state index contributed by atoms with van der Waals surface area (Å²) >= 11 is 0. The third-order valence-electron chi connectivity index (χ3n) is 4.68. The molecule has 3 nitrogen and oxygen atoms in total. The van der Waals surface area contributed by atoms with Crippen LogP contribution in [0.5, 0.6) is 0 Å². The first-order chi connectivity index (χ1) is 9.16. The van der Waals surface area contributed by atoms with Crippen LogP contribution in [0.2, 0.25) is 0 Å². The molecular formula is C16H22N2O. The molecule has 0 aliphatic carbocycles. The van der Waals surface area contributed by atoms with Crippen molar-refractivity contribution in [2.24, 2.45) is 11.8 Å². The smallest absolute Gasteiger partial charge is 0.230 e. The molecule has 0 spiro atoms. The van der Waals surface area contributed by atoms with Gasteiger partial charge in [0.05, 0.1) is 5.92 Å². The molecule has 1 fully saturated rings. The fourth-order valence-corrected chi connectivity index (χ4v) is 3.26. The van der Waals surface area contributed by atoms with Gasteiger partial charge in [-0.2, -0.15) is 0 Å². The minimum absolute atomic E-state index is 0.0509. The number of para-hydroxylation sites is 1. The topological polar surface area (TPSA) is 32.3 Å². The van der Waals surface area contributed by atoms with Crippen molar-refractivity contribution in [3.05, 3.63) is 29.8 Å². The standard InChI is InChI=1S/C16H22N2O/c1-11-9-18(10-12(11)2)16(19)14-7-8-17-15-6-4-3-5-13(14)15/h3-6,11-12,14,17H,7-10H2,1-2H3. The molecular weight excluding hydrogens is 236 g/mol. The minimum Gasteiger partial charge on any atom is -0.385 e. The van der Waals surface area contributed by atoms with Crippen LogP contribution in [0.3, 0.4) is 0 Å². The van der Waals surface area contributed by atoms with Gasteiger partial charge in [0.2, 0.25) is 5.91 Å². The average Bonchev–Trinajstić information content (AvgIpc) is 2.77. The van der Waals surface area contributed by atoms with E-state index in [1.54, 1.807) is 0 Å². The summed E-state index contributed by atoms with van der Waals surface area (Å²) in [4.78, 5) is 14.8. The second kappa shape index (κ2) is 4.87. The first-order valence-corrected chi connectivity index (χ1v) is 7.28. The molecule has 3 atom stereocenters. The van der Waals surface area contributed by atoms with E-state index in [4.69, 9.17) is 0 Å². The molecule has 3 unspecified atom stereocenters. The van der Waals surface area contributed by atoms with Gasteiger partial charge in [-0.15, -0.1) is 0 Å². The predicted octanol–water partition coefficient (Wildman–Crippen LogP) is 2.70. The van der Waals surface area contributed by atoms with Gasteiger partial charge in [0.1, 0.15) is 0 Å². The number of benzene rings is 1. The number of carbonyl (C=O) groups excluding carboxylic acids is 1. The second-order valence-electron chi connectivity index (χ2n) is 6.05. The summed E-state index contributed by atoms with van der Waals surface area (Å²) in [5, 5.41) is 3.38. The van der Waals surface area contributed by atoms with E-state index in [1.807, 2.05) is 12.1 Å². The third kappa shape index (κ3) is 2.22. The Kier molecular flexibility index (Phi) is 3.21. The van der Waals surface area contributed by atoms with E-state index in [0.717, 1.165) is 31.7 Å². The molecule has 1 N–H and O–H groups in total. The van der Waals surface area contributed by atoms with Gasteiger partial charge in [-0.25, -0.2) is 0 Å². The molecule has 2 heterocycles. The lowest BCUT2D eigenvalue weighted by Gasteiger charge is -2.29. The van der Waals surface area contributed by atoms with Gasteiger partial charge in [-0.3, -0.25) is 4.79 Å². The molecule has 0 radical (unpaired) electrons. The van der Waals surface area contributed by atoms with Crippen molar-refractivity contribution in [2.45, 2.75) is 26.2 Å². The molecule has 0 aromatic heterocycles. The van der Waals surface area contributed by atoms with Crippen LogP contribution in [0, 0.1) is 11.8 Å². The Morgan fingerprint density at radius 2 is 1.89 bits per heavy atom. The quantitative estimate of drug-likeness (QED) is 0.840. The second-order valence-corrected chi connectivity index (χ2v) is 6.05. The SMILES string of the molecule is CC1CN(C(=O)C2CCNc3ccccc32)CC1C. The molecule has 0 bridgehead atoms. The number of rotatable bonds is 1. The fraction of sp³-hybridized carbons (Fsp3) is 0.562. The molecule has 1 saturated heterocycles. The number of anilines is 1. The van der Waals surface area contributed by atoms with Crippen molar-refractivity contribution in [1.29, 1.82) is 0 Å².